The summed E-state index contributed by atoms with van der Waals surface area (Å²) < 4.78 is 4.48. The van der Waals surface area contributed by atoms with Gasteiger partial charge in [-0.25, -0.2) is 39.9 Å². The van der Waals surface area contributed by atoms with Crippen LogP contribution in [0.2, 0.25) is 0 Å². The van der Waals surface area contributed by atoms with E-state index in [1.807, 2.05) is 121 Å². The maximum atomic E-state index is 5.24. The zero-order valence-corrected chi connectivity index (χ0v) is 45.7. The molecule has 13 aromatic rings. The van der Waals surface area contributed by atoms with E-state index in [0.717, 1.165) is 110 Å². The molecule has 6 aliphatic heterocycles. The van der Waals surface area contributed by atoms with Gasteiger partial charge in [0.15, 0.2) is 23.3 Å². The van der Waals surface area contributed by atoms with Crippen molar-refractivity contribution in [3.8, 4) is 45.6 Å². The Hall–Kier alpha value is -10.4. The third kappa shape index (κ3) is 7.31. The van der Waals surface area contributed by atoms with Gasteiger partial charge in [0.25, 0.3) is 0 Å². The molecule has 19 rings (SSSR count). The van der Waals surface area contributed by atoms with Crippen LogP contribution in [-0.2, 0) is 18.6 Å². The molecule has 5 aromatic heterocycles. The summed E-state index contributed by atoms with van der Waals surface area (Å²) in [5.41, 5.74) is 11.3. The van der Waals surface area contributed by atoms with Crippen LogP contribution in [-0.4, -0.2) is 81.5 Å². The molecule has 0 aliphatic carbocycles. The van der Waals surface area contributed by atoms with Gasteiger partial charge in [-0.3, -0.25) is 0 Å². The van der Waals surface area contributed by atoms with Gasteiger partial charge in [0.2, 0.25) is 0 Å². The second-order valence-electron chi connectivity index (χ2n) is 20.0. The van der Waals surface area contributed by atoms with Crippen LogP contribution < -0.4 is 20.9 Å². The van der Waals surface area contributed by atoms with Gasteiger partial charge in [0, 0.05) is 88.6 Å². The maximum Gasteiger partial charge on any atom is 2.00 e. The molecule has 8 aromatic carbocycles. The van der Waals surface area contributed by atoms with E-state index in [0.29, 0.717) is 69.2 Å². The smallest absolute Gasteiger partial charge is 0.412 e. The Morgan fingerprint density at radius 1 is 0.265 bits per heavy atom. The van der Waals surface area contributed by atoms with Crippen LogP contribution >= 0.6 is 0 Å². The largest absolute Gasteiger partial charge is 2.00 e. The van der Waals surface area contributed by atoms with Gasteiger partial charge in [0.05, 0.1) is 23.3 Å². The number of rotatable bonds is 0. The molecule has 2 radical (unpaired) electrons. The van der Waals surface area contributed by atoms with E-state index in [9.17, 15) is 0 Å². The van der Waals surface area contributed by atoms with E-state index in [2.05, 4.69) is 79.9 Å². The number of benzene rings is 8. The van der Waals surface area contributed by atoms with Gasteiger partial charge < -0.3 is 42.5 Å². The zero-order chi connectivity index (χ0) is 52.9. The summed E-state index contributed by atoms with van der Waals surface area (Å²) in [7, 11) is 0. The van der Waals surface area contributed by atoms with Gasteiger partial charge in [0.1, 0.15) is 22.6 Å². The van der Waals surface area contributed by atoms with Crippen LogP contribution in [0.25, 0.3) is 111 Å². The molecular formula is C64H34AlN16OV. The minimum atomic E-state index is -0.639. The minimum absolute atomic E-state index is 0. The average molecular weight is 1120 g/mol. The Kier molecular flexibility index (Phi) is 10.8. The molecule has 11 heterocycles. The first-order valence-corrected chi connectivity index (χ1v) is 27.3. The molecule has 0 unspecified atom stereocenters. The molecule has 19 heteroatoms. The van der Waals surface area contributed by atoms with Crippen molar-refractivity contribution in [2.45, 2.75) is 0 Å². The number of aliphatic imine (C=N–C) groups is 4. The Labute approximate surface area is 487 Å². The number of nitrogens with zero attached hydrogens (tertiary/aromatic N) is 16. The van der Waals surface area contributed by atoms with Gasteiger partial charge in [-0.05, 0) is 21.5 Å². The third-order valence-corrected chi connectivity index (χ3v) is 16.8. The van der Waals surface area contributed by atoms with Crippen molar-refractivity contribution >= 4 is 116 Å². The monoisotopic (exact) mass is 1120 g/mol. The van der Waals surface area contributed by atoms with E-state index in [4.69, 9.17) is 69.8 Å². The third-order valence-electron chi connectivity index (χ3n) is 15.4. The van der Waals surface area contributed by atoms with Gasteiger partial charge in [-0.2, -0.15) is 0 Å². The first-order valence-electron chi connectivity index (χ1n) is 26.3. The Balaban J connectivity index is 0.000000133. The van der Waals surface area contributed by atoms with Crippen molar-refractivity contribution in [2.24, 2.45) is 30.0 Å². The van der Waals surface area contributed by atoms with Crippen LogP contribution in [0, 0.1) is 0 Å². The van der Waals surface area contributed by atoms with E-state index in [1.54, 1.807) is 0 Å². The van der Waals surface area contributed by atoms with Crippen molar-refractivity contribution in [1.82, 2.24) is 47.0 Å². The number of hydrogen-bond donors (Lipinski definition) is 0. The number of aromatic nitrogens is 10. The summed E-state index contributed by atoms with van der Waals surface area (Å²) in [6, 6.07) is 64.9. The fraction of sp³-hybridized carbons (Fsp3) is 0. The predicted octanol–water partition coefficient (Wildman–Crippen LogP) is 9.77. The SMILES string of the molecule is O.[V+2].c1ccc2c(c1)-c1nc-2nc2[n-]c(nc3nc(nc4[n-]c(n1)c1ccccc41)-c1ccccc1-3)c1ccccc21.c1ccc2c(c1)C1=NC2=Nc2c3ccccc3c3[n]2[Al][n]2c(c4ccccc4c2=NC2=NC(=N3)c3ccccc32)=N1. The quantitative estimate of drug-likeness (QED) is 0.133. The molecule has 17 nitrogen and oxygen atoms in total. The number of fused-ring (bicyclic) bond motifs is 34. The number of hydrogen-bond acceptors (Lipinski definition) is 12. The second-order valence-corrected chi connectivity index (χ2v) is 21.2. The first-order chi connectivity index (χ1) is 40.1. The Morgan fingerprint density at radius 3 is 0.855 bits per heavy atom. The summed E-state index contributed by atoms with van der Waals surface area (Å²) in [6.45, 7) is 0. The molecule has 6 aliphatic rings. The van der Waals surface area contributed by atoms with E-state index < -0.39 is 15.7 Å². The van der Waals surface area contributed by atoms with Crippen molar-refractivity contribution in [2.75, 3.05) is 0 Å². The average Bonchev–Trinajstić information content (AvgIpc) is 3.74. The topological polar surface area (TPSA) is 221 Å². The van der Waals surface area contributed by atoms with Crippen molar-refractivity contribution in [3.05, 3.63) is 227 Å². The van der Waals surface area contributed by atoms with E-state index in [1.165, 1.54) is 0 Å². The van der Waals surface area contributed by atoms with Gasteiger partial charge in [-0.15, -0.1) is 0 Å². The molecule has 0 saturated heterocycles. The minimum Gasteiger partial charge on any atom is -0.412 e. The Morgan fingerprint density at radius 2 is 0.530 bits per heavy atom. The van der Waals surface area contributed by atoms with Crippen LogP contribution in [0.15, 0.2) is 224 Å². The summed E-state index contributed by atoms with van der Waals surface area (Å²) >= 11 is -0.639. The van der Waals surface area contributed by atoms with Gasteiger partial charge >= 0.3 is 34.2 Å². The first kappa shape index (κ1) is 48.5. The molecule has 0 fully saturated rings. The van der Waals surface area contributed by atoms with Crippen LogP contribution in [0.1, 0.15) is 22.3 Å². The van der Waals surface area contributed by atoms with Crippen LogP contribution in [0.5, 0.6) is 0 Å². The van der Waals surface area contributed by atoms with E-state index in [-0.39, 0.29) is 24.0 Å². The molecule has 0 spiro atoms. The second kappa shape index (κ2) is 18.6. The maximum absolute atomic E-state index is 5.24. The summed E-state index contributed by atoms with van der Waals surface area (Å²) in [5, 5.41) is 7.67. The van der Waals surface area contributed by atoms with E-state index >= 15 is 0 Å². The van der Waals surface area contributed by atoms with Gasteiger partial charge in [-0.1, -0.05) is 194 Å². The molecule has 2 N–H and O–H groups in total. The fourth-order valence-electron chi connectivity index (χ4n) is 11.6. The van der Waals surface area contributed by atoms with Crippen LogP contribution in [0.4, 0.5) is 11.6 Å². The summed E-state index contributed by atoms with van der Waals surface area (Å²) in [4.78, 5) is 70.2. The molecule has 83 heavy (non-hydrogen) atoms. The molecule has 14 bridgehead atoms. The summed E-state index contributed by atoms with van der Waals surface area (Å²) in [6.07, 6.45) is 0. The normalized spacial score (nSPS) is 13.4. The molecule has 0 saturated carbocycles. The number of amidine groups is 4. The molecule has 0 amide bonds. The summed E-state index contributed by atoms with van der Waals surface area (Å²) in [5.74, 6) is 6.52. The molecule has 0 atom stereocenters. The predicted molar refractivity (Wildman–Crippen MR) is 319 cm³/mol. The molecular weight excluding hydrogens is 1090 g/mol. The standard InChI is InChI=1S/2C32H16N8.Al.H2O.V/c2*1-2-10-18-17(9-1)25-33-26(18)38-28-21-13-5-6-14-22(21)30(35-28)40-32-24-16-8-7-15-23(24)31(36-32)39-29-20-12-4-3-11-19(20)27(34-29)37-25;;;/h2*1-16H;;1H2;/q2*-2;+2;;+2. The fourth-order valence-corrected chi connectivity index (χ4v) is 13.1. The Bertz CT molecular complexity index is 5010. The van der Waals surface area contributed by atoms with Crippen LogP contribution in [0.3, 0.4) is 0 Å². The molecule has 384 valence electrons. The zero-order valence-electron chi connectivity index (χ0n) is 43.2. The van der Waals surface area contributed by atoms with Crippen molar-refractivity contribution in [1.29, 1.82) is 0 Å². The van der Waals surface area contributed by atoms with Crippen molar-refractivity contribution < 1.29 is 24.0 Å². The van der Waals surface area contributed by atoms with Crippen molar-refractivity contribution in [3.63, 3.8) is 0 Å².